The Hall–Kier alpha value is -1.03. The van der Waals surface area contributed by atoms with Crippen molar-refractivity contribution in [2.24, 2.45) is 5.92 Å². The SMILES string of the molecule is CC(C)(C)OC(=O)N1CCC(C(O)C2=CCCCCCC2)C1. The van der Waals surface area contributed by atoms with E-state index in [0.717, 1.165) is 19.3 Å². The van der Waals surface area contributed by atoms with Crippen molar-refractivity contribution in [3.05, 3.63) is 11.6 Å². The molecule has 0 radical (unpaired) electrons. The molecule has 2 unspecified atom stereocenters. The Morgan fingerprint density at radius 3 is 2.77 bits per heavy atom. The third-order valence-corrected chi connectivity index (χ3v) is 4.53. The Bertz CT molecular complexity index is 411. The van der Waals surface area contributed by atoms with Crippen LogP contribution in [0.5, 0.6) is 0 Å². The standard InChI is InChI=1S/C18H31NO3/c1-18(2,3)22-17(21)19-12-11-15(13-19)16(20)14-9-7-5-4-6-8-10-14/h9,15-16,20H,4-8,10-13H2,1-3H3. The Labute approximate surface area is 134 Å². The summed E-state index contributed by atoms with van der Waals surface area (Å²) in [5, 5.41) is 10.7. The van der Waals surface area contributed by atoms with Gasteiger partial charge >= 0.3 is 6.09 Å². The predicted molar refractivity (Wildman–Crippen MR) is 87.7 cm³/mol. The smallest absolute Gasteiger partial charge is 0.410 e. The van der Waals surface area contributed by atoms with Gasteiger partial charge in [0.15, 0.2) is 0 Å². The average molecular weight is 309 g/mol. The molecule has 1 aliphatic carbocycles. The van der Waals surface area contributed by atoms with E-state index in [1.54, 1.807) is 4.90 Å². The van der Waals surface area contributed by atoms with E-state index in [-0.39, 0.29) is 12.0 Å². The van der Waals surface area contributed by atoms with Gasteiger partial charge in [-0.05, 0) is 58.4 Å². The zero-order valence-corrected chi connectivity index (χ0v) is 14.3. The normalized spacial score (nSPS) is 25.2. The van der Waals surface area contributed by atoms with Crippen molar-refractivity contribution in [3.8, 4) is 0 Å². The number of ether oxygens (including phenoxy) is 1. The van der Waals surface area contributed by atoms with Crippen LogP contribution in [0.1, 0.15) is 65.7 Å². The molecule has 2 atom stereocenters. The first kappa shape index (κ1) is 17.3. The molecule has 0 aromatic carbocycles. The maximum absolute atomic E-state index is 12.1. The Morgan fingerprint density at radius 2 is 2.05 bits per heavy atom. The van der Waals surface area contributed by atoms with Crippen molar-refractivity contribution in [1.82, 2.24) is 4.90 Å². The third kappa shape index (κ3) is 5.01. The molecule has 1 fully saturated rings. The topological polar surface area (TPSA) is 49.8 Å². The van der Waals surface area contributed by atoms with Crippen LogP contribution < -0.4 is 0 Å². The number of amides is 1. The van der Waals surface area contributed by atoms with E-state index in [0.29, 0.717) is 13.1 Å². The van der Waals surface area contributed by atoms with Crippen LogP contribution in [0.4, 0.5) is 4.79 Å². The molecule has 1 aliphatic heterocycles. The van der Waals surface area contributed by atoms with Gasteiger partial charge in [-0.1, -0.05) is 18.9 Å². The summed E-state index contributed by atoms with van der Waals surface area (Å²) in [6, 6.07) is 0. The van der Waals surface area contributed by atoms with Crippen molar-refractivity contribution >= 4 is 6.09 Å². The van der Waals surface area contributed by atoms with E-state index in [4.69, 9.17) is 4.74 Å². The van der Waals surface area contributed by atoms with Gasteiger partial charge in [0.25, 0.3) is 0 Å². The van der Waals surface area contributed by atoms with Crippen LogP contribution in [-0.2, 0) is 4.74 Å². The monoisotopic (exact) mass is 309 g/mol. The number of aliphatic hydroxyl groups excluding tert-OH is 1. The molecule has 2 rings (SSSR count). The molecule has 0 aromatic rings. The fourth-order valence-electron chi connectivity index (χ4n) is 3.33. The first-order chi connectivity index (χ1) is 10.4. The number of hydrogen-bond acceptors (Lipinski definition) is 3. The molecule has 2 aliphatic rings. The number of rotatable bonds is 2. The molecular formula is C18H31NO3. The van der Waals surface area contributed by atoms with Crippen molar-refractivity contribution in [1.29, 1.82) is 0 Å². The summed E-state index contributed by atoms with van der Waals surface area (Å²) in [5.74, 6) is 0.151. The summed E-state index contributed by atoms with van der Waals surface area (Å²) in [7, 11) is 0. The number of carbonyl (C=O) groups is 1. The van der Waals surface area contributed by atoms with Gasteiger partial charge in [0.2, 0.25) is 0 Å². The lowest BCUT2D eigenvalue weighted by atomic mass is 9.89. The van der Waals surface area contributed by atoms with Gasteiger partial charge in [0, 0.05) is 19.0 Å². The second-order valence-electron chi connectivity index (χ2n) is 7.65. The zero-order chi connectivity index (χ0) is 16.2. The summed E-state index contributed by atoms with van der Waals surface area (Å²) in [5.41, 5.74) is 0.728. The van der Waals surface area contributed by atoms with Gasteiger partial charge < -0.3 is 14.7 Å². The summed E-state index contributed by atoms with van der Waals surface area (Å²) in [6.45, 7) is 6.93. The van der Waals surface area contributed by atoms with Crippen LogP contribution in [0.25, 0.3) is 0 Å². The molecule has 1 amide bonds. The van der Waals surface area contributed by atoms with E-state index in [1.807, 2.05) is 20.8 Å². The third-order valence-electron chi connectivity index (χ3n) is 4.53. The van der Waals surface area contributed by atoms with Gasteiger partial charge in [-0.2, -0.15) is 0 Å². The highest BCUT2D eigenvalue weighted by molar-refractivity contribution is 5.68. The molecule has 0 bridgehead atoms. The van der Waals surface area contributed by atoms with Gasteiger partial charge in [0.1, 0.15) is 5.60 Å². The van der Waals surface area contributed by atoms with Crippen molar-refractivity contribution in [2.75, 3.05) is 13.1 Å². The molecule has 0 saturated carbocycles. The Morgan fingerprint density at radius 1 is 1.32 bits per heavy atom. The van der Waals surface area contributed by atoms with E-state index in [9.17, 15) is 9.90 Å². The van der Waals surface area contributed by atoms with Gasteiger partial charge in [0.05, 0.1) is 6.10 Å². The number of nitrogens with zero attached hydrogens (tertiary/aromatic N) is 1. The number of carbonyl (C=O) groups excluding carboxylic acids is 1. The van der Waals surface area contributed by atoms with Crippen LogP contribution in [-0.4, -0.2) is 40.9 Å². The summed E-state index contributed by atoms with van der Waals surface area (Å²) in [6.07, 6.45) is 9.49. The minimum Gasteiger partial charge on any atom is -0.444 e. The molecule has 4 nitrogen and oxygen atoms in total. The maximum atomic E-state index is 12.1. The van der Waals surface area contributed by atoms with Gasteiger partial charge in [-0.15, -0.1) is 0 Å². The minimum absolute atomic E-state index is 0.151. The maximum Gasteiger partial charge on any atom is 0.410 e. The van der Waals surface area contributed by atoms with Crippen molar-refractivity contribution < 1.29 is 14.6 Å². The van der Waals surface area contributed by atoms with E-state index in [1.165, 1.54) is 31.3 Å². The molecule has 0 aromatic heterocycles. The molecule has 1 saturated heterocycles. The lowest BCUT2D eigenvalue weighted by Gasteiger charge is -2.26. The predicted octanol–water partition coefficient (Wildman–Crippen LogP) is 3.88. The number of likely N-dealkylation sites (tertiary alicyclic amines) is 1. The number of allylic oxidation sites excluding steroid dienone is 1. The summed E-state index contributed by atoms with van der Waals surface area (Å²) in [4.78, 5) is 13.9. The largest absolute Gasteiger partial charge is 0.444 e. The molecule has 22 heavy (non-hydrogen) atoms. The van der Waals surface area contributed by atoms with Crippen molar-refractivity contribution in [3.63, 3.8) is 0 Å². The molecule has 0 spiro atoms. The second-order valence-corrected chi connectivity index (χ2v) is 7.65. The van der Waals surface area contributed by atoms with Gasteiger partial charge in [-0.25, -0.2) is 4.79 Å². The first-order valence-electron chi connectivity index (χ1n) is 8.72. The summed E-state index contributed by atoms with van der Waals surface area (Å²) >= 11 is 0. The Kier molecular flexibility index (Phi) is 5.90. The quantitative estimate of drug-likeness (QED) is 0.787. The highest BCUT2D eigenvalue weighted by Crippen LogP contribution is 2.29. The van der Waals surface area contributed by atoms with E-state index >= 15 is 0 Å². The lowest BCUT2D eigenvalue weighted by Crippen LogP contribution is -2.36. The van der Waals surface area contributed by atoms with Crippen LogP contribution in [0.15, 0.2) is 11.6 Å². The lowest BCUT2D eigenvalue weighted by molar-refractivity contribution is 0.0275. The van der Waals surface area contributed by atoms with Crippen LogP contribution >= 0.6 is 0 Å². The minimum atomic E-state index is -0.462. The van der Waals surface area contributed by atoms with E-state index < -0.39 is 11.7 Å². The highest BCUT2D eigenvalue weighted by Gasteiger charge is 2.34. The molecular weight excluding hydrogens is 278 g/mol. The fourth-order valence-corrected chi connectivity index (χ4v) is 3.33. The van der Waals surface area contributed by atoms with Crippen molar-refractivity contribution in [2.45, 2.75) is 77.4 Å². The Balaban J connectivity index is 1.90. The van der Waals surface area contributed by atoms with Crippen LogP contribution in [0.3, 0.4) is 0 Å². The molecule has 1 heterocycles. The first-order valence-corrected chi connectivity index (χ1v) is 8.72. The number of aliphatic hydroxyl groups is 1. The second kappa shape index (κ2) is 7.49. The molecule has 126 valence electrons. The van der Waals surface area contributed by atoms with Crippen LogP contribution in [0.2, 0.25) is 0 Å². The molecule has 4 heteroatoms. The fraction of sp³-hybridized carbons (Fsp3) is 0.833. The van der Waals surface area contributed by atoms with E-state index in [2.05, 4.69) is 6.08 Å². The number of hydrogen-bond donors (Lipinski definition) is 1. The van der Waals surface area contributed by atoms with Crippen LogP contribution in [0, 0.1) is 5.92 Å². The molecule has 1 N–H and O–H groups in total. The highest BCUT2D eigenvalue weighted by atomic mass is 16.6. The zero-order valence-electron chi connectivity index (χ0n) is 14.3. The van der Waals surface area contributed by atoms with Gasteiger partial charge in [-0.3, -0.25) is 0 Å². The summed E-state index contributed by atoms with van der Waals surface area (Å²) < 4.78 is 5.42. The average Bonchev–Trinajstić information content (AvgIpc) is 2.85.